The Morgan fingerprint density at radius 1 is 1.36 bits per heavy atom. The first-order valence-electron chi connectivity index (χ1n) is 4.36. The maximum atomic E-state index is 5.65. The number of fused-ring (bicyclic) bond motifs is 1. The number of rotatable bonds is 0. The average Bonchev–Trinajstić information content (AvgIpc) is 2.08. The minimum Gasteiger partial charge on any atom is -0.464 e. The van der Waals surface area contributed by atoms with Gasteiger partial charge in [-0.05, 0) is 20.8 Å². The van der Waals surface area contributed by atoms with E-state index < -0.39 is 5.60 Å². The van der Waals surface area contributed by atoms with E-state index >= 15 is 0 Å². The standard InChI is InChI=1S/C9H12N4O/c1-5-9(2,3)14-8-6(13-5)7(10)11-4-12-8/h4H,1-3H3,(H2,10,11,12). The smallest absolute Gasteiger partial charge is 0.246 e. The second-order valence-corrected chi connectivity index (χ2v) is 3.72. The third-order valence-corrected chi connectivity index (χ3v) is 2.32. The molecule has 0 fully saturated rings. The quantitative estimate of drug-likeness (QED) is 0.672. The van der Waals surface area contributed by atoms with Crippen molar-refractivity contribution < 1.29 is 4.74 Å². The van der Waals surface area contributed by atoms with Crippen molar-refractivity contribution in [2.45, 2.75) is 26.4 Å². The fourth-order valence-electron chi connectivity index (χ4n) is 1.17. The molecule has 0 spiro atoms. The zero-order valence-corrected chi connectivity index (χ0v) is 8.40. The highest BCUT2D eigenvalue weighted by Crippen LogP contribution is 2.36. The molecule has 0 unspecified atom stereocenters. The van der Waals surface area contributed by atoms with Crippen molar-refractivity contribution in [2.24, 2.45) is 4.99 Å². The van der Waals surface area contributed by atoms with E-state index in [1.54, 1.807) is 0 Å². The third kappa shape index (κ3) is 1.21. The van der Waals surface area contributed by atoms with Gasteiger partial charge in [0, 0.05) is 0 Å². The van der Waals surface area contributed by atoms with Crippen LogP contribution in [0.15, 0.2) is 11.3 Å². The molecule has 1 aromatic heterocycles. The normalized spacial score (nSPS) is 18.1. The Kier molecular flexibility index (Phi) is 1.70. The number of nitrogen functional groups attached to an aromatic ring is 1. The van der Waals surface area contributed by atoms with Gasteiger partial charge in [0.2, 0.25) is 5.88 Å². The lowest BCUT2D eigenvalue weighted by molar-refractivity contribution is 0.170. The highest BCUT2D eigenvalue weighted by molar-refractivity contribution is 5.95. The van der Waals surface area contributed by atoms with Gasteiger partial charge in [-0.1, -0.05) is 0 Å². The second kappa shape index (κ2) is 2.67. The number of aromatic nitrogens is 2. The van der Waals surface area contributed by atoms with Crippen LogP contribution >= 0.6 is 0 Å². The van der Waals surface area contributed by atoms with Gasteiger partial charge in [0.15, 0.2) is 11.5 Å². The van der Waals surface area contributed by atoms with E-state index in [1.165, 1.54) is 6.33 Å². The highest BCUT2D eigenvalue weighted by Gasteiger charge is 2.31. The molecular weight excluding hydrogens is 180 g/mol. The Hall–Kier alpha value is -1.65. The molecule has 2 heterocycles. The summed E-state index contributed by atoms with van der Waals surface area (Å²) in [5.74, 6) is 0.804. The summed E-state index contributed by atoms with van der Waals surface area (Å²) in [4.78, 5) is 12.2. The molecule has 14 heavy (non-hydrogen) atoms. The number of hydrogen-bond donors (Lipinski definition) is 1. The van der Waals surface area contributed by atoms with Crippen molar-refractivity contribution in [3.8, 4) is 5.88 Å². The van der Waals surface area contributed by atoms with Crippen LogP contribution in [0.5, 0.6) is 5.88 Å². The zero-order valence-electron chi connectivity index (χ0n) is 8.40. The third-order valence-electron chi connectivity index (χ3n) is 2.32. The first kappa shape index (κ1) is 8.93. The number of anilines is 1. The highest BCUT2D eigenvalue weighted by atomic mass is 16.5. The lowest BCUT2D eigenvalue weighted by Crippen LogP contribution is -2.38. The van der Waals surface area contributed by atoms with Gasteiger partial charge in [-0.3, -0.25) is 0 Å². The maximum Gasteiger partial charge on any atom is 0.246 e. The zero-order chi connectivity index (χ0) is 10.3. The van der Waals surface area contributed by atoms with Crippen LogP contribution in [0.2, 0.25) is 0 Å². The average molecular weight is 192 g/mol. The van der Waals surface area contributed by atoms with Crippen molar-refractivity contribution >= 4 is 17.2 Å². The van der Waals surface area contributed by atoms with Crippen LogP contribution < -0.4 is 10.5 Å². The Bertz CT molecular complexity index is 411. The fraction of sp³-hybridized carbons (Fsp3) is 0.444. The van der Waals surface area contributed by atoms with Crippen LogP contribution in [0.25, 0.3) is 0 Å². The predicted molar refractivity (Wildman–Crippen MR) is 53.9 cm³/mol. The summed E-state index contributed by atoms with van der Waals surface area (Å²) in [6.45, 7) is 5.77. The van der Waals surface area contributed by atoms with E-state index in [0.29, 0.717) is 17.4 Å². The number of nitrogens with two attached hydrogens (primary N) is 1. The molecule has 0 aliphatic carbocycles. The first-order valence-corrected chi connectivity index (χ1v) is 4.36. The maximum absolute atomic E-state index is 5.65. The Balaban J connectivity index is 2.59. The molecule has 0 saturated heterocycles. The number of ether oxygens (including phenoxy) is 1. The van der Waals surface area contributed by atoms with Crippen LogP contribution in [0.3, 0.4) is 0 Å². The molecule has 0 radical (unpaired) electrons. The molecule has 0 aromatic carbocycles. The van der Waals surface area contributed by atoms with Gasteiger partial charge in [0.05, 0.1) is 5.71 Å². The first-order chi connectivity index (χ1) is 6.50. The molecule has 0 bridgehead atoms. The summed E-state index contributed by atoms with van der Waals surface area (Å²) in [5.41, 5.74) is 6.63. The van der Waals surface area contributed by atoms with E-state index in [-0.39, 0.29) is 0 Å². The SMILES string of the molecule is CC1=Nc2c(N)ncnc2OC1(C)C. The lowest BCUT2D eigenvalue weighted by Gasteiger charge is -2.30. The monoisotopic (exact) mass is 192 g/mol. The van der Waals surface area contributed by atoms with Crippen LogP contribution in [-0.2, 0) is 0 Å². The molecular formula is C9H12N4O. The number of hydrogen-bond acceptors (Lipinski definition) is 5. The van der Waals surface area contributed by atoms with Crippen molar-refractivity contribution in [1.82, 2.24) is 9.97 Å². The molecule has 1 aliphatic rings. The summed E-state index contributed by atoms with van der Waals surface area (Å²) in [7, 11) is 0. The molecule has 74 valence electrons. The van der Waals surface area contributed by atoms with E-state index in [0.717, 1.165) is 5.71 Å². The summed E-state index contributed by atoms with van der Waals surface area (Å²) < 4.78 is 5.65. The molecule has 1 aromatic rings. The number of aliphatic imine (C=N–C) groups is 1. The van der Waals surface area contributed by atoms with Gasteiger partial charge < -0.3 is 10.5 Å². The molecule has 0 amide bonds. The van der Waals surface area contributed by atoms with Gasteiger partial charge in [-0.25, -0.2) is 9.98 Å². The number of nitrogens with zero attached hydrogens (tertiary/aromatic N) is 3. The molecule has 0 atom stereocenters. The van der Waals surface area contributed by atoms with Crippen LogP contribution in [0.4, 0.5) is 11.5 Å². The van der Waals surface area contributed by atoms with E-state index in [9.17, 15) is 0 Å². The summed E-state index contributed by atoms with van der Waals surface area (Å²) in [6.07, 6.45) is 1.38. The van der Waals surface area contributed by atoms with Crippen molar-refractivity contribution in [1.29, 1.82) is 0 Å². The summed E-state index contributed by atoms with van der Waals surface area (Å²) in [5, 5.41) is 0. The molecule has 2 N–H and O–H groups in total. The van der Waals surface area contributed by atoms with Gasteiger partial charge >= 0.3 is 0 Å². The van der Waals surface area contributed by atoms with E-state index in [1.807, 2.05) is 20.8 Å². The van der Waals surface area contributed by atoms with Crippen LogP contribution in [-0.4, -0.2) is 21.3 Å². The van der Waals surface area contributed by atoms with Gasteiger partial charge in [0.1, 0.15) is 11.9 Å². The molecule has 0 saturated carbocycles. The minimum atomic E-state index is -0.423. The van der Waals surface area contributed by atoms with Gasteiger partial charge in [0.25, 0.3) is 0 Å². The Labute approximate surface area is 82.0 Å². The van der Waals surface area contributed by atoms with E-state index in [2.05, 4.69) is 15.0 Å². The Morgan fingerprint density at radius 2 is 2.07 bits per heavy atom. The summed E-state index contributed by atoms with van der Waals surface area (Å²) in [6, 6.07) is 0. The van der Waals surface area contributed by atoms with E-state index in [4.69, 9.17) is 10.5 Å². The largest absolute Gasteiger partial charge is 0.464 e. The molecule has 5 nitrogen and oxygen atoms in total. The molecule has 5 heteroatoms. The van der Waals surface area contributed by atoms with Gasteiger partial charge in [-0.15, -0.1) is 0 Å². The summed E-state index contributed by atoms with van der Waals surface area (Å²) >= 11 is 0. The van der Waals surface area contributed by atoms with Crippen LogP contribution in [0, 0.1) is 0 Å². The van der Waals surface area contributed by atoms with Crippen molar-refractivity contribution in [3.05, 3.63) is 6.33 Å². The van der Waals surface area contributed by atoms with Gasteiger partial charge in [-0.2, -0.15) is 4.98 Å². The van der Waals surface area contributed by atoms with Crippen molar-refractivity contribution in [3.63, 3.8) is 0 Å². The van der Waals surface area contributed by atoms with Crippen molar-refractivity contribution in [2.75, 3.05) is 5.73 Å². The topological polar surface area (TPSA) is 73.4 Å². The minimum absolute atomic E-state index is 0.352. The van der Waals surface area contributed by atoms with Crippen LogP contribution in [0.1, 0.15) is 20.8 Å². The predicted octanol–water partition coefficient (Wildman–Crippen LogP) is 1.32. The fourth-order valence-corrected chi connectivity index (χ4v) is 1.17. The molecule has 2 rings (SSSR count). The Morgan fingerprint density at radius 3 is 2.79 bits per heavy atom. The second-order valence-electron chi connectivity index (χ2n) is 3.72. The molecule has 1 aliphatic heterocycles. The lowest BCUT2D eigenvalue weighted by atomic mass is 10.0.